The molecule has 5 aromatic carbocycles. The molecule has 1 aliphatic carbocycles. The number of aryl methyl sites for hydroxylation is 1. The third-order valence-electron chi connectivity index (χ3n) is 8.51. The standard InChI is InChI=1S/C37H28N4/c1-23-18-19-26-28-21-29-27-16-10-11-17-32(27)41(33(29)22-31(28)37(2,3)30(26)20-23)36-39-34(24-12-6-4-7-13-24)38-35(40-36)25-14-8-5-9-15-25/h4-22H,1-3H3. The molecular formula is C37H28N4. The summed E-state index contributed by atoms with van der Waals surface area (Å²) in [5, 5.41) is 2.39. The predicted molar refractivity (Wildman–Crippen MR) is 167 cm³/mol. The number of nitrogens with zero attached hydrogens (tertiary/aromatic N) is 4. The maximum atomic E-state index is 5.09. The van der Waals surface area contributed by atoms with E-state index in [1.165, 1.54) is 38.6 Å². The highest BCUT2D eigenvalue weighted by molar-refractivity contribution is 6.11. The Balaban J connectivity index is 1.45. The lowest BCUT2D eigenvalue weighted by Gasteiger charge is -2.22. The van der Waals surface area contributed by atoms with Crippen LogP contribution in [0.25, 0.3) is 61.7 Å². The lowest BCUT2D eigenvalue weighted by molar-refractivity contribution is 0.660. The zero-order valence-electron chi connectivity index (χ0n) is 23.3. The largest absolute Gasteiger partial charge is 0.278 e. The van der Waals surface area contributed by atoms with Gasteiger partial charge in [0.05, 0.1) is 11.0 Å². The van der Waals surface area contributed by atoms with E-state index < -0.39 is 0 Å². The highest BCUT2D eigenvalue weighted by atomic mass is 15.2. The van der Waals surface area contributed by atoms with Crippen LogP contribution in [0.5, 0.6) is 0 Å². The van der Waals surface area contributed by atoms with Crippen LogP contribution in [0.2, 0.25) is 0 Å². The summed E-state index contributed by atoms with van der Waals surface area (Å²) in [5.41, 5.74) is 10.6. The fraction of sp³-hybridized carbons (Fsp3) is 0.108. The first-order valence-electron chi connectivity index (χ1n) is 14.1. The SMILES string of the molecule is Cc1ccc2c(c1)C(C)(C)c1cc3c(cc1-2)c1ccccc1n3-c1nc(-c2ccccc2)nc(-c2ccccc2)n1. The minimum atomic E-state index is -0.115. The summed E-state index contributed by atoms with van der Waals surface area (Å²) in [6, 6.07) is 40.5. The van der Waals surface area contributed by atoms with Crippen LogP contribution in [0.15, 0.2) is 115 Å². The maximum absolute atomic E-state index is 5.09. The van der Waals surface area contributed by atoms with Gasteiger partial charge in [0.1, 0.15) is 0 Å². The first-order valence-corrected chi connectivity index (χ1v) is 14.1. The van der Waals surface area contributed by atoms with Crippen LogP contribution >= 0.6 is 0 Å². The van der Waals surface area contributed by atoms with E-state index in [4.69, 9.17) is 15.0 Å². The van der Waals surface area contributed by atoms with Gasteiger partial charge < -0.3 is 0 Å². The molecule has 4 heteroatoms. The van der Waals surface area contributed by atoms with Crippen LogP contribution in [0.1, 0.15) is 30.5 Å². The molecule has 1 aliphatic rings. The summed E-state index contributed by atoms with van der Waals surface area (Å²) in [5.74, 6) is 1.93. The lowest BCUT2D eigenvalue weighted by atomic mass is 9.82. The van der Waals surface area contributed by atoms with Crippen molar-refractivity contribution in [1.82, 2.24) is 19.5 Å². The second-order valence-corrected chi connectivity index (χ2v) is 11.5. The molecule has 2 aromatic heterocycles. The number of hydrogen-bond acceptors (Lipinski definition) is 3. The van der Waals surface area contributed by atoms with Gasteiger partial charge in [-0.2, -0.15) is 9.97 Å². The first-order chi connectivity index (χ1) is 20.0. The second kappa shape index (κ2) is 8.70. The van der Waals surface area contributed by atoms with E-state index in [0.717, 1.165) is 22.2 Å². The van der Waals surface area contributed by atoms with Gasteiger partial charge in [0.15, 0.2) is 11.6 Å². The van der Waals surface area contributed by atoms with Crippen molar-refractivity contribution in [3.05, 3.63) is 132 Å². The molecule has 0 amide bonds. The van der Waals surface area contributed by atoms with Crippen molar-refractivity contribution in [2.45, 2.75) is 26.2 Å². The van der Waals surface area contributed by atoms with Crippen molar-refractivity contribution in [1.29, 1.82) is 0 Å². The van der Waals surface area contributed by atoms with E-state index in [9.17, 15) is 0 Å². The molecule has 0 N–H and O–H groups in total. The highest BCUT2D eigenvalue weighted by Gasteiger charge is 2.36. The first kappa shape index (κ1) is 23.8. The minimum Gasteiger partial charge on any atom is -0.278 e. The van der Waals surface area contributed by atoms with E-state index >= 15 is 0 Å². The Labute approximate surface area is 239 Å². The maximum Gasteiger partial charge on any atom is 0.238 e. The van der Waals surface area contributed by atoms with Crippen LogP contribution in [0.4, 0.5) is 0 Å². The van der Waals surface area contributed by atoms with Gasteiger partial charge in [-0.1, -0.05) is 116 Å². The van der Waals surface area contributed by atoms with Gasteiger partial charge in [-0.15, -0.1) is 0 Å². The molecule has 0 atom stereocenters. The van der Waals surface area contributed by atoms with Crippen LogP contribution in [0, 0.1) is 6.92 Å². The Morgan fingerprint density at radius 1 is 0.537 bits per heavy atom. The van der Waals surface area contributed by atoms with Gasteiger partial charge in [-0.3, -0.25) is 4.57 Å². The molecule has 7 aromatic rings. The average Bonchev–Trinajstić information content (AvgIpc) is 3.45. The molecule has 0 bridgehead atoms. The smallest absolute Gasteiger partial charge is 0.238 e. The van der Waals surface area contributed by atoms with Gasteiger partial charge in [0.2, 0.25) is 5.95 Å². The van der Waals surface area contributed by atoms with Gasteiger partial charge in [-0.25, -0.2) is 4.98 Å². The number of benzene rings is 5. The van der Waals surface area contributed by atoms with Gasteiger partial charge in [0, 0.05) is 27.3 Å². The zero-order chi connectivity index (χ0) is 27.7. The van der Waals surface area contributed by atoms with Crippen LogP contribution in [-0.2, 0) is 5.41 Å². The molecule has 0 saturated carbocycles. The Morgan fingerprint density at radius 3 is 1.83 bits per heavy atom. The van der Waals surface area contributed by atoms with Crippen molar-refractivity contribution < 1.29 is 0 Å². The fourth-order valence-corrected chi connectivity index (χ4v) is 6.42. The van der Waals surface area contributed by atoms with Crippen molar-refractivity contribution in [2.75, 3.05) is 0 Å². The quantitative estimate of drug-likeness (QED) is 0.230. The van der Waals surface area contributed by atoms with Crippen LogP contribution in [-0.4, -0.2) is 19.5 Å². The molecule has 0 saturated heterocycles. The van der Waals surface area contributed by atoms with Gasteiger partial charge >= 0.3 is 0 Å². The van der Waals surface area contributed by atoms with Crippen molar-refractivity contribution in [3.8, 4) is 39.9 Å². The molecule has 0 radical (unpaired) electrons. The average molecular weight is 529 g/mol. The number of hydrogen-bond donors (Lipinski definition) is 0. The summed E-state index contributed by atoms with van der Waals surface area (Å²) >= 11 is 0. The fourth-order valence-electron chi connectivity index (χ4n) is 6.42. The van der Waals surface area contributed by atoms with E-state index in [-0.39, 0.29) is 5.41 Å². The minimum absolute atomic E-state index is 0.115. The summed E-state index contributed by atoms with van der Waals surface area (Å²) in [6.45, 7) is 6.84. The summed E-state index contributed by atoms with van der Waals surface area (Å²) in [6.07, 6.45) is 0. The van der Waals surface area contributed by atoms with E-state index in [0.29, 0.717) is 17.6 Å². The van der Waals surface area contributed by atoms with Crippen LogP contribution in [0.3, 0.4) is 0 Å². The second-order valence-electron chi connectivity index (χ2n) is 11.5. The monoisotopic (exact) mass is 528 g/mol. The summed E-state index contributed by atoms with van der Waals surface area (Å²) < 4.78 is 2.22. The molecule has 8 rings (SSSR count). The molecule has 2 heterocycles. The van der Waals surface area contributed by atoms with Crippen molar-refractivity contribution in [3.63, 3.8) is 0 Å². The Morgan fingerprint density at radius 2 is 1.15 bits per heavy atom. The number of fused-ring (bicyclic) bond motifs is 6. The Hall–Kier alpha value is -5.09. The van der Waals surface area contributed by atoms with Crippen molar-refractivity contribution in [2.24, 2.45) is 0 Å². The number of para-hydroxylation sites is 1. The zero-order valence-corrected chi connectivity index (χ0v) is 23.3. The summed E-state index contributed by atoms with van der Waals surface area (Å²) in [7, 11) is 0. The number of rotatable bonds is 3. The Kier molecular flexibility index (Phi) is 5.05. The molecule has 0 unspecified atom stereocenters. The topological polar surface area (TPSA) is 43.6 Å². The normalized spacial score (nSPS) is 13.4. The molecular weight excluding hydrogens is 500 g/mol. The van der Waals surface area contributed by atoms with E-state index in [1.54, 1.807) is 0 Å². The predicted octanol–water partition coefficient (Wildman–Crippen LogP) is 8.92. The molecule has 196 valence electrons. The Bertz CT molecular complexity index is 2070. The van der Waals surface area contributed by atoms with Gasteiger partial charge in [-0.05, 0) is 47.4 Å². The molecule has 4 nitrogen and oxygen atoms in total. The molecule has 0 spiro atoms. The third kappa shape index (κ3) is 3.57. The van der Waals surface area contributed by atoms with E-state index in [1.807, 2.05) is 60.7 Å². The van der Waals surface area contributed by atoms with Crippen molar-refractivity contribution >= 4 is 21.8 Å². The lowest BCUT2D eigenvalue weighted by Crippen LogP contribution is -2.15. The van der Waals surface area contributed by atoms with Gasteiger partial charge in [0.25, 0.3) is 0 Å². The van der Waals surface area contributed by atoms with Crippen LogP contribution < -0.4 is 0 Å². The number of aromatic nitrogens is 4. The molecule has 41 heavy (non-hydrogen) atoms. The van der Waals surface area contributed by atoms with E-state index in [2.05, 4.69) is 79.9 Å². The summed E-state index contributed by atoms with van der Waals surface area (Å²) in [4.78, 5) is 15.1. The highest BCUT2D eigenvalue weighted by Crippen LogP contribution is 2.51. The molecule has 0 fully saturated rings. The molecule has 0 aliphatic heterocycles. The third-order valence-corrected chi connectivity index (χ3v) is 8.51.